The van der Waals surface area contributed by atoms with E-state index in [1.807, 2.05) is 0 Å². The number of hydrogen-bond acceptors (Lipinski definition) is 2. The van der Waals surface area contributed by atoms with Crippen LogP contribution in [0.25, 0.3) is 10.9 Å². The van der Waals surface area contributed by atoms with E-state index in [-0.39, 0.29) is 0 Å². The quantitative estimate of drug-likeness (QED) is 0.803. The SMILES string of the molecule is CCn1nc(CN2CCC(Cl)CC2)c2ccccc21. The Labute approximate surface area is 119 Å². The number of rotatable bonds is 3. The summed E-state index contributed by atoms with van der Waals surface area (Å²) in [6.45, 7) is 6.17. The number of aromatic nitrogens is 2. The Bertz CT molecular complexity index is 556. The fourth-order valence-electron chi connectivity index (χ4n) is 2.83. The second kappa shape index (κ2) is 5.51. The van der Waals surface area contributed by atoms with Gasteiger partial charge in [-0.05, 0) is 38.9 Å². The molecule has 4 heteroatoms. The number of likely N-dealkylation sites (tertiary alicyclic amines) is 1. The second-order valence-corrected chi connectivity index (χ2v) is 5.85. The molecule has 1 aromatic carbocycles. The minimum absolute atomic E-state index is 0.362. The summed E-state index contributed by atoms with van der Waals surface area (Å²) in [7, 11) is 0. The molecule has 0 bridgehead atoms. The van der Waals surface area contributed by atoms with Crippen molar-refractivity contribution >= 4 is 22.5 Å². The summed E-state index contributed by atoms with van der Waals surface area (Å²) >= 11 is 6.16. The Morgan fingerprint density at radius 2 is 2.00 bits per heavy atom. The minimum Gasteiger partial charge on any atom is -0.297 e. The predicted octanol–water partition coefficient (Wildman–Crippen LogP) is 3.26. The number of para-hydroxylation sites is 1. The van der Waals surface area contributed by atoms with Gasteiger partial charge in [0, 0.05) is 23.9 Å². The molecule has 3 rings (SSSR count). The summed E-state index contributed by atoms with van der Waals surface area (Å²) in [5.41, 5.74) is 2.44. The van der Waals surface area contributed by atoms with Crippen LogP contribution in [0.5, 0.6) is 0 Å². The second-order valence-electron chi connectivity index (χ2n) is 5.23. The number of benzene rings is 1. The molecule has 0 atom stereocenters. The summed E-state index contributed by atoms with van der Waals surface area (Å²) in [6, 6.07) is 8.51. The lowest BCUT2D eigenvalue weighted by Crippen LogP contribution is -2.33. The van der Waals surface area contributed by atoms with Gasteiger partial charge in [0.2, 0.25) is 0 Å². The number of aryl methyl sites for hydroxylation is 1. The zero-order valence-electron chi connectivity index (χ0n) is 11.3. The van der Waals surface area contributed by atoms with E-state index < -0.39 is 0 Å². The summed E-state index contributed by atoms with van der Waals surface area (Å²) in [4.78, 5) is 2.47. The normalized spacial score (nSPS) is 18.2. The van der Waals surface area contributed by atoms with E-state index in [1.54, 1.807) is 0 Å². The summed E-state index contributed by atoms with van der Waals surface area (Å²) in [5.74, 6) is 0. The third kappa shape index (κ3) is 2.63. The van der Waals surface area contributed by atoms with Crippen LogP contribution >= 0.6 is 11.6 Å². The Kier molecular flexibility index (Phi) is 3.76. The molecule has 19 heavy (non-hydrogen) atoms. The number of alkyl halides is 1. The smallest absolute Gasteiger partial charge is 0.0843 e. The zero-order chi connectivity index (χ0) is 13.2. The average molecular weight is 278 g/mol. The lowest BCUT2D eigenvalue weighted by Gasteiger charge is -2.28. The first-order chi connectivity index (χ1) is 9.28. The first-order valence-electron chi connectivity index (χ1n) is 7.08. The number of hydrogen-bond donors (Lipinski definition) is 0. The van der Waals surface area contributed by atoms with Crippen LogP contribution < -0.4 is 0 Å². The number of nitrogens with zero attached hydrogens (tertiary/aromatic N) is 3. The topological polar surface area (TPSA) is 21.1 Å². The van der Waals surface area contributed by atoms with Crippen LogP contribution in [-0.2, 0) is 13.1 Å². The van der Waals surface area contributed by atoms with Crippen LogP contribution in [-0.4, -0.2) is 33.1 Å². The molecule has 3 nitrogen and oxygen atoms in total. The first kappa shape index (κ1) is 12.9. The molecule has 2 heterocycles. The van der Waals surface area contributed by atoms with Crippen LogP contribution in [0.2, 0.25) is 0 Å². The molecule has 1 aliphatic heterocycles. The maximum absolute atomic E-state index is 6.16. The van der Waals surface area contributed by atoms with Gasteiger partial charge in [-0.2, -0.15) is 5.10 Å². The van der Waals surface area contributed by atoms with Crippen LogP contribution in [0.4, 0.5) is 0 Å². The molecule has 0 saturated carbocycles. The molecular formula is C15H20ClN3. The Balaban J connectivity index is 1.84. The third-order valence-corrected chi connectivity index (χ3v) is 4.36. The lowest BCUT2D eigenvalue weighted by atomic mass is 10.1. The molecule has 0 spiro atoms. The van der Waals surface area contributed by atoms with E-state index in [0.717, 1.165) is 39.0 Å². The summed E-state index contributed by atoms with van der Waals surface area (Å²) < 4.78 is 2.10. The Morgan fingerprint density at radius 1 is 1.26 bits per heavy atom. The molecular weight excluding hydrogens is 258 g/mol. The first-order valence-corrected chi connectivity index (χ1v) is 7.52. The van der Waals surface area contributed by atoms with Crippen molar-refractivity contribution in [2.45, 2.75) is 38.2 Å². The van der Waals surface area contributed by atoms with Gasteiger partial charge in [0.15, 0.2) is 0 Å². The standard InChI is InChI=1S/C15H20ClN3/c1-2-19-15-6-4-3-5-13(15)14(17-19)11-18-9-7-12(16)8-10-18/h3-6,12H,2,7-11H2,1H3. The number of fused-ring (bicyclic) bond motifs is 1. The molecule has 2 aromatic rings. The molecule has 0 radical (unpaired) electrons. The van der Waals surface area contributed by atoms with Crippen LogP contribution in [0, 0.1) is 0 Å². The van der Waals surface area contributed by atoms with E-state index in [9.17, 15) is 0 Å². The average Bonchev–Trinajstić information content (AvgIpc) is 2.80. The molecule has 1 aromatic heterocycles. The van der Waals surface area contributed by atoms with E-state index in [0.29, 0.717) is 5.38 Å². The third-order valence-electron chi connectivity index (χ3n) is 3.92. The zero-order valence-corrected chi connectivity index (χ0v) is 12.1. The van der Waals surface area contributed by atoms with Gasteiger partial charge in [-0.15, -0.1) is 11.6 Å². The van der Waals surface area contributed by atoms with Gasteiger partial charge < -0.3 is 0 Å². The highest BCUT2D eigenvalue weighted by Gasteiger charge is 2.19. The number of halogens is 1. The molecule has 102 valence electrons. The molecule has 1 aliphatic rings. The Morgan fingerprint density at radius 3 is 2.74 bits per heavy atom. The van der Waals surface area contributed by atoms with Crippen molar-refractivity contribution < 1.29 is 0 Å². The monoisotopic (exact) mass is 277 g/mol. The van der Waals surface area contributed by atoms with Crippen LogP contribution in [0.3, 0.4) is 0 Å². The molecule has 0 aliphatic carbocycles. The van der Waals surface area contributed by atoms with Crippen LogP contribution in [0.1, 0.15) is 25.5 Å². The van der Waals surface area contributed by atoms with Gasteiger partial charge in [-0.1, -0.05) is 18.2 Å². The minimum atomic E-state index is 0.362. The largest absolute Gasteiger partial charge is 0.297 e. The van der Waals surface area contributed by atoms with E-state index >= 15 is 0 Å². The van der Waals surface area contributed by atoms with Gasteiger partial charge in [0.1, 0.15) is 0 Å². The maximum Gasteiger partial charge on any atom is 0.0843 e. The summed E-state index contributed by atoms with van der Waals surface area (Å²) in [5, 5.41) is 6.41. The van der Waals surface area contributed by atoms with E-state index in [4.69, 9.17) is 16.7 Å². The highest BCUT2D eigenvalue weighted by molar-refractivity contribution is 6.20. The molecule has 1 saturated heterocycles. The van der Waals surface area contributed by atoms with Crippen molar-refractivity contribution in [3.05, 3.63) is 30.0 Å². The predicted molar refractivity (Wildman–Crippen MR) is 79.6 cm³/mol. The maximum atomic E-state index is 6.16. The van der Waals surface area contributed by atoms with Crippen molar-refractivity contribution in [3.8, 4) is 0 Å². The van der Waals surface area contributed by atoms with Crippen molar-refractivity contribution in [2.24, 2.45) is 0 Å². The van der Waals surface area contributed by atoms with Crippen molar-refractivity contribution in [3.63, 3.8) is 0 Å². The van der Waals surface area contributed by atoms with Gasteiger partial charge in [-0.25, -0.2) is 0 Å². The molecule has 0 N–H and O–H groups in total. The molecule has 0 amide bonds. The lowest BCUT2D eigenvalue weighted by molar-refractivity contribution is 0.221. The van der Waals surface area contributed by atoms with E-state index in [2.05, 4.69) is 40.8 Å². The van der Waals surface area contributed by atoms with Crippen molar-refractivity contribution in [2.75, 3.05) is 13.1 Å². The van der Waals surface area contributed by atoms with Gasteiger partial charge in [0.25, 0.3) is 0 Å². The van der Waals surface area contributed by atoms with Gasteiger partial charge in [-0.3, -0.25) is 9.58 Å². The van der Waals surface area contributed by atoms with Gasteiger partial charge in [0.05, 0.1) is 11.2 Å². The van der Waals surface area contributed by atoms with Gasteiger partial charge >= 0.3 is 0 Å². The van der Waals surface area contributed by atoms with Crippen LogP contribution in [0.15, 0.2) is 24.3 Å². The highest BCUT2D eigenvalue weighted by Crippen LogP contribution is 2.22. The van der Waals surface area contributed by atoms with Crippen molar-refractivity contribution in [1.82, 2.24) is 14.7 Å². The van der Waals surface area contributed by atoms with Crippen molar-refractivity contribution in [1.29, 1.82) is 0 Å². The molecule has 0 unspecified atom stereocenters. The van der Waals surface area contributed by atoms with E-state index in [1.165, 1.54) is 16.6 Å². The highest BCUT2D eigenvalue weighted by atomic mass is 35.5. The fourth-order valence-corrected chi connectivity index (χ4v) is 3.02. The fraction of sp³-hybridized carbons (Fsp3) is 0.533. The summed E-state index contributed by atoms with van der Waals surface area (Å²) in [6.07, 6.45) is 2.18. The Hall–Kier alpha value is -1.06. The number of piperidine rings is 1. The molecule has 1 fully saturated rings.